The van der Waals surface area contributed by atoms with E-state index in [0.29, 0.717) is 20.7 Å². The van der Waals surface area contributed by atoms with Crippen LogP contribution in [0.1, 0.15) is 5.56 Å². The number of carbonyl (C=O) groups is 2. The minimum absolute atomic E-state index is 0.0293. The summed E-state index contributed by atoms with van der Waals surface area (Å²) in [7, 11) is 1.44. The van der Waals surface area contributed by atoms with E-state index in [1.165, 1.54) is 12.0 Å². The van der Waals surface area contributed by atoms with Crippen molar-refractivity contribution in [1.82, 2.24) is 4.90 Å². The van der Waals surface area contributed by atoms with Crippen LogP contribution in [-0.4, -0.2) is 41.4 Å². The Bertz CT molecular complexity index is 1200. The Hall–Kier alpha value is -2.97. The highest BCUT2D eigenvalue weighted by Crippen LogP contribution is 2.38. The zero-order valence-corrected chi connectivity index (χ0v) is 18.9. The van der Waals surface area contributed by atoms with Crippen LogP contribution < -0.4 is 9.47 Å². The van der Waals surface area contributed by atoms with Gasteiger partial charge >= 0.3 is 0 Å². The number of phenols is 1. The fourth-order valence-corrected chi connectivity index (χ4v) is 4.57. The fraction of sp³-hybridized carbons (Fsp3) is 0.130. The number of thioether (sulfide) groups is 1. The highest BCUT2D eigenvalue weighted by molar-refractivity contribution is 9.10. The molecule has 3 aromatic rings. The molecule has 2 amide bonds. The third-order valence-electron chi connectivity index (χ3n) is 4.76. The van der Waals surface area contributed by atoms with E-state index in [1.54, 1.807) is 18.2 Å². The standard InChI is InChI=1S/C23H18BrNO5S/c1-29-19-12-14(11-17(24)21(19)26)13-20-22(27)25(23(28)31-20)9-10-30-18-8-4-6-15-5-2-3-7-16(15)18/h2-8,11-13,26H,9-10H2,1H3/b20-13-. The third-order valence-corrected chi connectivity index (χ3v) is 6.28. The lowest BCUT2D eigenvalue weighted by Crippen LogP contribution is -2.32. The molecule has 1 aliphatic heterocycles. The van der Waals surface area contributed by atoms with Crippen LogP contribution >= 0.6 is 27.7 Å². The molecule has 1 fully saturated rings. The lowest BCUT2D eigenvalue weighted by molar-refractivity contribution is -0.123. The summed E-state index contributed by atoms with van der Waals surface area (Å²) in [6.07, 6.45) is 1.60. The number of hydrogen-bond donors (Lipinski definition) is 1. The first-order valence-corrected chi connectivity index (χ1v) is 11.0. The SMILES string of the molecule is COc1cc(/C=C2\SC(=O)N(CCOc3cccc4ccccc34)C2=O)cc(Br)c1O. The molecular formula is C23H18BrNO5S. The number of rotatable bonds is 6. The molecular weight excluding hydrogens is 482 g/mol. The fourth-order valence-electron chi connectivity index (χ4n) is 3.25. The molecule has 0 aliphatic carbocycles. The zero-order chi connectivity index (χ0) is 22.0. The van der Waals surface area contributed by atoms with E-state index in [0.717, 1.165) is 22.5 Å². The van der Waals surface area contributed by atoms with E-state index in [-0.39, 0.29) is 35.8 Å². The predicted molar refractivity (Wildman–Crippen MR) is 124 cm³/mol. The number of benzene rings is 3. The van der Waals surface area contributed by atoms with Gasteiger partial charge in [-0.25, -0.2) is 0 Å². The maximum atomic E-state index is 12.7. The molecule has 0 bridgehead atoms. The van der Waals surface area contributed by atoms with Gasteiger partial charge in [-0.05, 0) is 62.9 Å². The van der Waals surface area contributed by atoms with Gasteiger partial charge in [0.15, 0.2) is 11.5 Å². The Morgan fingerprint density at radius 1 is 1.10 bits per heavy atom. The summed E-state index contributed by atoms with van der Waals surface area (Å²) < 4.78 is 11.4. The Balaban J connectivity index is 1.46. The van der Waals surface area contributed by atoms with Crippen molar-refractivity contribution in [3.8, 4) is 17.2 Å². The number of amides is 2. The number of halogens is 1. The van der Waals surface area contributed by atoms with E-state index in [9.17, 15) is 14.7 Å². The Morgan fingerprint density at radius 2 is 1.87 bits per heavy atom. The number of hydrogen-bond acceptors (Lipinski definition) is 6. The van der Waals surface area contributed by atoms with Crippen LogP contribution in [0.2, 0.25) is 0 Å². The molecule has 4 rings (SSSR count). The smallest absolute Gasteiger partial charge is 0.293 e. The van der Waals surface area contributed by atoms with Crippen molar-refractivity contribution in [1.29, 1.82) is 0 Å². The monoisotopic (exact) mass is 499 g/mol. The summed E-state index contributed by atoms with van der Waals surface area (Å²) in [4.78, 5) is 26.6. The molecule has 0 aromatic heterocycles. The molecule has 1 saturated heterocycles. The summed E-state index contributed by atoms with van der Waals surface area (Å²) in [5.41, 5.74) is 0.624. The molecule has 0 radical (unpaired) electrons. The maximum absolute atomic E-state index is 12.7. The second kappa shape index (κ2) is 9.03. The van der Waals surface area contributed by atoms with Crippen LogP contribution in [0.25, 0.3) is 16.8 Å². The summed E-state index contributed by atoms with van der Waals surface area (Å²) >= 11 is 4.13. The molecule has 0 atom stereocenters. The number of phenolic OH excluding ortho intramolecular Hbond substituents is 1. The summed E-state index contributed by atoms with van der Waals surface area (Å²) in [5.74, 6) is 0.572. The van der Waals surface area contributed by atoms with Gasteiger partial charge < -0.3 is 14.6 Å². The van der Waals surface area contributed by atoms with E-state index < -0.39 is 0 Å². The molecule has 0 unspecified atom stereocenters. The summed E-state index contributed by atoms with van der Waals surface area (Å²) in [6, 6.07) is 16.9. The van der Waals surface area contributed by atoms with Crippen LogP contribution in [0.3, 0.4) is 0 Å². The lowest BCUT2D eigenvalue weighted by atomic mass is 10.1. The highest BCUT2D eigenvalue weighted by Gasteiger charge is 2.34. The van der Waals surface area contributed by atoms with Gasteiger partial charge in [0.05, 0.1) is 23.0 Å². The van der Waals surface area contributed by atoms with E-state index in [2.05, 4.69) is 15.9 Å². The number of fused-ring (bicyclic) bond motifs is 1. The molecule has 1 N–H and O–H groups in total. The second-order valence-electron chi connectivity index (χ2n) is 6.71. The van der Waals surface area contributed by atoms with Gasteiger partial charge in [0.2, 0.25) is 0 Å². The number of nitrogens with zero attached hydrogens (tertiary/aromatic N) is 1. The van der Waals surface area contributed by atoms with Crippen LogP contribution in [0.4, 0.5) is 4.79 Å². The molecule has 6 nitrogen and oxygen atoms in total. The van der Waals surface area contributed by atoms with Gasteiger partial charge in [0.1, 0.15) is 12.4 Å². The summed E-state index contributed by atoms with van der Waals surface area (Å²) in [6.45, 7) is 0.339. The van der Waals surface area contributed by atoms with Crippen molar-refractivity contribution < 1.29 is 24.2 Å². The molecule has 3 aromatic carbocycles. The number of imide groups is 1. The van der Waals surface area contributed by atoms with Crippen molar-refractivity contribution in [3.63, 3.8) is 0 Å². The van der Waals surface area contributed by atoms with Gasteiger partial charge in [-0.15, -0.1) is 0 Å². The topological polar surface area (TPSA) is 76.1 Å². The largest absolute Gasteiger partial charge is 0.503 e. The van der Waals surface area contributed by atoms with E-state index in [1.807, 2.05) is 42.5 Å². The van der Waals surface area contributed by atoms with Crippen molar-refractivity contribution >= 4 is 55.7 Å². The first-order valence-electron chi connectivity index (χ1n) is 9.40. The summed E-state index contributed by atoms with van der Waals surface area (Å²) in [5, 5.41) is 11.6. The van der Waals surface area contributed by atoms with Gasteiger partial charge in [-0.1, -0.05) is 36.4 Å². The van der Waals surface area contributed by atoms with Gasteiger partial charge in [0, 0.05) is 5.39 Å². The lowest BCUT2D eigenvalue weighted by Gasteiger charge is -2.14. The van der Waals surface area contributed by atoms with Crippen molar-refractivity contribution in [2.24, 2.45) is 0 Å². The Kier molecular flexibility index (Phi) is 6.20. The van der Waals surface area contributed by atoms with E-state index >= 15 is 0 Å². The number of aromatic hydroxyl groups is 1. The van der Waals surface area contributed by atoms with Crippen LogP contribution in [-0.2, 0) is 4.79 Å². The average molecular weight is 500 g/mol. The maximum Gasteiger partial charge on any atom is 0.293 e. The van der Waals surface area contributed by atoms with Crippen LogP contribution in [0, 0.1) is 0 Å². The molecule has 31 heavy (non-hydrogen) atoms. The van der Waals surface area contributed by atoms with Crippen LogP contribution in [0.15, 0.2) is 64.0 Å². The average Bonchev–Trinajstić information content (AvgIpc) is 3.03. The molecule has 8 heteroatoms. The molecule has 0 spiro atoms. The van der Waals surface area contributed by atoms with Gasteiger partial charge in [-0.3, -0.25) is 14.5 Å². The second-order valence-corrected chi connectivity index (χ2v) is 8.56. The van der Waals surface area contributed by atoms with Gasteiger partial charge in [-0.2, -0.15) is 0 Å². The van der Waals surface area contributed by atoms with Crippen molar-refractivity contribution in [2.75, 3.05) is 20.3 Å². The number of carbonyl (C=O) groups excluding carboxylic acids is 2. The molecule has 1 aliphatic rings. The first kappa shape index (κ1) is 21.3. The predicted octanol–water partition coefficient (Wildman–Crippen LogP) is 5.43. The number of ether oxygens (including phenoxy) is 2. The Morgan fingerprint density at radius 3 is 2.68 bits per heavy atom. The van der Waals surface area contributed by atoms with Crippen molar-refractivity contribution in [2.45, 2.75) is 0 Å². The van der Waals surface area contributed by atoms with Crippen molar-refractivity contribution in [3.05, 3.63) is 69.5 Å². The molecule has 1 heterocycles. The third kappa shape index (κ3) is 4.40. The quantitative estimate of drug-likeness (QED) is 0.455. The Labute approximate surface area is 191 Å². The molecule has 158 valence electrons. The highest BCUT2D eigenvalue weighted by atomic mass is 79.9. The van der Waals surface area contributed by atoms with Gasteiger partial charge in [0.25, 0.3) is 11.1 Å². The normalized spacial score (nSPS) is 15.2. The van der Waals surface area contributed by atoms with E-state index in [4.69, 9.17) is 9.47 Å². The molecule has 0 saturated carbocycles. The zero-order valence-electron chi connectivity index (χ0n) is 16.5. The number of methoxy groups -OCH3 is 1. The first-order chi connectivity index (χ1) is 15.0. The minimum atomic E-state index is -0.375. The minimum Gasteiger partial charge on any atom is -0.503 e. The van der Waals surface area contributed by atoms with Crippen LogP contribution in [0.5, 0.6) is 17.2 Å².